The van der Waals surface area contributed by atoms with Crippen molar-refractivity contribution >= 4 is 17.7 Å². The van der Waals surface area contributed by atoms with Gasteiger partial charge in [-0.15, -0.1) is 0 Å². The maximum atomic E-state index is 11.2. The molecule has 0 unspecified atom stereocenters. The molecule has 3 heteroatoms. The molecule has 1 aromatic carbocycles. The van der Waals surface area contributed by atoms with Crippen molar-refractivity contribution in [1.82, 2.24) is 4.31 Å². The zero-order valence-electron chi connectivity index (χ0n) is 10.9. The Bertz CT molecular complexity index is 342. The summed E-state index contributed by atoms with van der Waals surface area (Å²) in [5.74, 6) is 0.125. The van der Waals surface area contributed by atoms with Crippen LogP contribution in [0.5, 0.6) is 0 Å². The van der Waals surface area contributed by atoms with Crippen LogP contribution in [0.15, 0.2) is 29.2 Å². The summed E-state index contributed by atoms with van der Waals surface area (Å²) in [5, 5.41) is 0. The molecule has 1 rings (SSSR count). The molecule has 0 saturated carbocycles. The number of carbonyl (C=O) groups is 1. The summed E-state index contributed by atoms with van der Waals surface area (Å²) in [6, 6.07) is 7.86. The van der Waals surface area contributed by atoms with Crippen molar-refractivity contribution in [2.75, 3.05) is 13.1 Å². The molecule has 17 heavy (non-hydrogen) atoms. The lowest BCUT2D eigenvalue weighted by molar-refractivity contribution is 0.101. The van der Waals surface area contributed by atoms with Crippen LogP contribution in [-0.2, 0) is 0 Å². The Kier molecular flexibility index (Phi) is 6.30. The number of hydrogen-bond acceptors (Lipinski definition) is 3. The first kappa shape index (κ1) is 14.3. The van der Waals surface area contributed by atoms with Gasteiger partial charge in [0.25, 0.3) is 0 Å². The van der Waals surface area contributed by atoms with Crippen LogP contribution < -0.4 is 0 Å². The monoisotopic (exact) mass is 251 g/mol. The highest BCUT2D eigenvalue weighted by Gasteiger charge is 2.05. The Morgan fingerprint density at radius 1 is 1.12 bits per heavy atom. The van der Waals surface area contributed by atoms with Crippen LogP contribution in [0.1, 0.15) is 44.0 Å². The fraction of sp³-hybridized carbons (Fsp3) is 0.500. The SMILES string of the molecule is CCCN(CCC)Sc1ccc(C(C)=O)cc1. The molecular formula is C14H21NOS. The van der Waals surface area contributed by atoms with Crippen LogP contribution in [0.3, 0.4) is 0 Å². The molecule has 0 spiro atoms. The second-order valence-electron chi connectivity index (χ2n) is 4.10. The molecule has 0 aromatic heterocycles. The Labute approximate surface area is 109 Å². The summed E-state index contributed by atoms with van der Waals surface area (Å²) in [7, 11) is 0. The van der Waals surface area contributed by atoms with Gasteiger partial charge in [0.15, 0.2) is 5.78 Å². The van der Waals surface area contributed by atoms with Gasteiger partial charge in [-0.2, -0.15) is 0 Å². The van der Waals surface area contributed by atoms with E-state index in [0.717, 1.165) is 18.7 Å². The first-order valence-electron chi connectivity index (χ1n) is 6.21. The van der Waals surface area contributed by atoms with E-state index in [-0.39, 0.29) is 5.78 Å². The van der Waals surface area contributed by atoms with Crippen molar-refractivity contribution in [2.24, 2.45) is 0 Å². The van der Waals surface area contributed by atoms with Gasteiger partial charge in [0.05, 0.1) is 0 Å². The van der Waals surface area contributed by atoms with E-state index in [0.29, 0.717) is 0 Å². The zero-order chi connectivity index (χ0) is 12.7. The van der Waals surface area contributed by atoms with Gasteiger partial charge in [0, 0.05) is 23.5 Å². The van der Waals surface area contributed by atoms with Crippen molar-refractivity contribution < 1.29 is 4.79 Å². The van der Waals surface area contributed by atoms with Crippen LogP contribution in [0.25, 0.3) is 0 Å². The molecule has 0 heterocycles. The fourth-order valence-electron chi connectivity index (χ4n) is 1.60. The molecule has 0 N–H and O–H groups in total. The lowest BCUT2D eigenvalue weighted by Gasteiger charge is -2.19. The molecule has 0 aliphatic carbocycles. The maximum Gasteiger partial charge on any atom is 0.159 e. The molecule has 1 aromatic rings. The number of benzene rings is 1. The molecule has 0 saturated heterocycles. The maximum absolute atomic E-state index is 11.2. The van der Waals surface area contributed by atoms with Gasteiger partial charge in [0.2, 0.25) is 0 Å². The van der Waals surface area contributed by atoms with Gasteiger partial charge < -0.3 is 0 Å². The first-order valence-corrected chi connectivity index (χ1v) is 6.98. The van der Waals surface area contributed by atoms with Crippen molar-refractivity contribution in [1.29, 1.82) is 0 Å². The lowest BCUT2D eigenvalue weighted by Crippen LogP contribution is -2.17. The van der Waals surface area contributed by atoms with Crippen LogP contribution in [-0.4, -0.2) is 23.2 Å². The van der Waals surface area contributed by atoms with Crippen LogP contribution in [0.4, 0.5) is 0 Å². The molecule has 0 radical (unpaired) electrons. The molecule has 0 fully saturated rings. The average Bonchev–Trinajstić information content (AvgIpc) is 2.30. The number of Topliss-reactive ketones (excluding diaryl/α,β-unsaturated/α-hetero) is 1. The highest BCUT2D eigenvalue weighted by molar-refractivity contribution is 7.97. The Morgan fingerprint density at radius 3 is 2.06 bits per heavy atom. The van der Waals surface area contributed by atoms with Gasteiger partial charge in [0.1, 0.15) is 0 Å². The highest BCUT2D eigenvalue weighted by atomic mass is 32.2. The smallest absolute Gasteiger partial charge is 0.159 e. The summed E-state index contributed by atoms with van der Waals surface area (Å²) in [6.07, 6.45) is 2.33. The summed E-state index contributed by atoms with van der Waals surface area (Å²) < 4.78 is 2.38. The molecule has 0 aliphatic rings. The number of ketones is 1. The van der Waals surface area contributed by atoms with E-state index >= 15 is 0 Å². The van der Waals surface area contributed by atoms with E-state index in [4.69, 9.17) is 0 Å². The van der Waals surface area contributed by atoms with Crippen molar-refractivity contribution in [3.8, 4) is 0 Å². The van der Waals surface area contributed by atoms with Crippen LogP contribution in [0, 0.1) is 0 Å². The standard InChI is InChI=1S/C14H21NOS/c1-4-10-15(11-5-2)17-14-8-6-13(7-9-14)12(3)16/h6-9H,4-5,10-11H2,1-3H3. The summed E-state index contributed by atoms with van der Waals surface area (Å²) >= 11 is 1.78. The second kappa shape index (κ2) is 7.51. The zero-order valence-corrected chi connectivity index (χ0v) is 11.7. The number of carbonyl (C=O) groups excluding carboxylic acids is 1. The van der Waals surface area contributed by atoms with Gasteiger partial charge in [-0.25, -0.2) is 4.31 Å². The lowest BCUT2D eigenvalue weighted by atomic mass is 10.2. The molecule has 2 nitrogen and oxygen atoms in total. The van der Waals surface area contributed by atoms with E-state index in [9.17, 15) is 4.79 Å². The minimum Gasteiger partial charge on any atom is -0.295 e. The van der Waals surface area contributed by atoms with Gasteiger partial charge >= 0.3 is 0 Å². The Balaban J connectivity index is 2.62. The largest absolute Gasteiger partial charge is 0.295 e. The van der Waals surface area contributed by atoms with Crippen molar-refractivity contribution in [3.63, 3.8) is 0 Å². The molecular weight excluding hydrogens is 230 g/mol. The Hall–Kier alpha value is -0.800. The predicted octanol–water partition coefficient (Wildman–Crippen LogP) is 4.02. The normalized spacial score (nSPS) is 10.8. The van der Waals surface area contributed by atoms with Crippen molar-refractivity contribution in [2.45, 2.75) is 38.5 Å². The minimum atomic E-state index is 0.125. The fourth-order valence-corrected chi connectivity index (χ4v) is 2.71. The van der Waals surface area contributed by atoms with E-state index in [1.54, 1.807) is 18.9 Å². The van der Waals surface area contributed by atoms with Crippen LogP contribution >= 0.6 is 11.9 Å². The van der Waals surface area contributed by atoms with Crippen molar-refractivity contribution in [3.05, 3.63) is 29.8 Å². The number of rotatable bonds is 7. The number of hydrogen-bond donors (Lipinski definition) is 0. The first-order chi connectivity index (χ1) is 8.17. The van der Waals surface area contributed by atoms with E-state index < -0.39 is 0 Å². The second-order valence-corrected chi connectivity index (χ2v) is 5.27. The summed E-state index contributed by atoms with van der Waals surface area (Å²) in [6.45, 7) is 8.20. The van der Waals surface area contributed by atoms with Crippen LogP contribution in [0.2, 0.25) is 0 Å². The highest BCUT2D eigenvalue weighted by Crippen LogP contribution is 2.23. The summed E-state index contributed by atoms with van der Waals surface area (Å²) in [5.41, 5.74) is 0.784. The topological polar surface area (TPSA) is 20.3 Å². The van der Waals surface area contributed by atoms with E-state index in [1.807, 2.05) is 24.3 Å². The Morgan fingerprint density at radius 2 is 1.65 bits per heavy atom. The summed E-state index contributed by atoms with van der Waals surface area (Å²) in [4.78, 5) is 12.4. The number of nitrogens with zero attached hydrogens (tertiary/aromatic N) is 1. The average molecular weight is 251 g/mol. The third-order valence-electron chi connectivity index (χ3n) is 2.44. The molecule has 0 amide bonds. The molecule has 94 valence electrons. The molecule has 0 atom stereocenters. The third kappa shape index (κ3) is 4.92. The minimum absolute atomic E-state index is 0.125. The van der Waals surface area contributed by atoms with E-state index in [2.05, 4.69) is 18.2 Å². The third-order valence-corrected chi connectivity index (χ3v) is 3.55. The predicted molar refractivity (Wildman–Crippen MR) is 74.5 cm³/mol. The van der Waals surface area contributed by atoms with Gasteiger partial charge in [-0.1, -0.05) is 26.0 Å². The molecule has 0 aliphatic heterocycles. The van der Waals surface area contributed by atoms with Gasteiger partial charge in [-0.05, 0) is 43.8 Å². The molecule has 0 bridgehead atoms. The van der Waals surface area contributed by atoms with Gasteiger partial charge in [-0.3, -0.25) is 4.79 Å². The quantitative estimate of drug-likeness (QED) is 0.539. The van der Waals surface area contributed by atoms with E-state index in [1.165, 1.54) is 17.7 Å².